The summed E-state index contributed by atoms with van der Waals surface area (Å²) in [5.74, 6) is -0.319. The van der Waals surface area contributed by atoms with E-state index in [0.717, 1.165) is 17.0 Å². The fraction of sp³-hybridized carbons (Fsp3) is 0.250. The zero-order chi connectivity index (χ0) is 30.0. The molecule has 0 radical (unpaired) electrons. The van der Waals surface area contributed by atoms with Crippen LogP contribution in [0.15, 0.2) is 73.7 Å². The lowest BCUT2D eigenvalue weighted by atomic mass is 10.1. The number of rotatable bonds is 7. The van der Waals surface area contributed by atoms with E-state index >= 15 is 0 Å². The number of aryl methyl sites for hydroxylation is 1. The van der Waals surface area contributed by atoms with Crippen molar-refractivity contribution >= 4 is 23.2 Å². The standard InChI is InChI=1S/C24H22Cl2N4O3.2HNO3/c1-29-15-28-11-23(29)17-2-5-19(6-3-17)31-12-20-13-32-24(33-20,14-30-9-8-27-16-30)21-7-4-18(25)10-22(21)26;2*2-1(3)4/h2-11,15-16,20H,12-14H2,1H3;2*(H,2,3,4). The van der Waals surface area contributed by atoms with Crippen LogP contribution < -0.4 is 4.74 Å². The van der Waals surface area contributed by atoms with Crippen molar-refractivity contribution in [2.24, 2.45) is 7.05 Å². The largest absolute Gasteiger partial charge is 0.491 e. The molecular formula is C24H24Cl2N6O9. The van der Waals surface area contributed by atoms with E-state index in [1.165, 1.54) is 0 Å². The Balaban J connectivity index is 0.000000515. The first-order chi connectivity index (χ1) is 19.5. The predicted molar refractivity (Wildman–Crippen MR) is 143 cm³/mol. The Morgan fingerprint density at radius 3 is 2.34 bits per heavy atom. The molecule has 17 heteroatoms. The van der Waals surface area contributed by atoms with Gasteiger partial charge in [0, 0.05) is 35.6 Å². The number of aromatic nitrogens is 4. The summed E-state index contributed by atoms with van der Waals surface area (Å²) in [6, 6.07) is 13.2. The Morgan fingerprint density at radius 2 is 1.78 bits per heavy atom. The van der Waals surface area contributed by atoms with Crippen LogP contribution in [0.25, 0.3) is 11.3 Å². The van der Waals surface area contributed by atoms with Gasteiger partial charge >= 0.3 is 0 Å². The van der Waals surface area contributed by atoms with Gasteiger partial charge in [0.2, 0.25) is 5.79 Å². The van der Waals surface area contributed by atoms with Gasteiger partial charge in [-0.2, -0.15) is 0 Å². The number of imidazole rings is 2. The van der Waals surface area contributed by atoms with Gasteiger partial charge in [0.25, 0.3) is 10.2 Å². The van der Waals surface area contributed by atoms with Crippen molar-refractivity contribution in [3.8, 4) is 17.0 Å². The molecule has 3 heterocycles. The molecule has 218 valence electrons. The molecule has 0 bridgehead atoms. The van der Waals surface area contributed by atoms with Crippen LogP contribution in [0.2, 0.25) is 10.0 Å². The highest BCUT2D eigenvalue weighted by Crippen LogP contribution is 2.40. The fourth-order valence-electron chi connectivity index (χ4n) is 3.92. The molecule has 2 N–H and O–H groups in total. The van der Waals surface area contributed by atoms with Crippen LogP contribution in [0.1, 0.15) is 5.56 Å². The van der Waals surface area contributed by atoms with Gasteiger partial charge in [-0.25, -0.2) is 9.97 Å². The third-order valence-electron chi connectivity index (χ3n) is 5.55. The number of hydrogen-bond donors (Lipinski definition) is 2. The van der Waals surface area contributed by atoms with E-state index in [9.17, 15) is 0 Å². The lowest BCUT2D eigenvalue weighted by Crippen LogP contribution is -2.34. The molecule has 41 heavy (non-hydrogen) atoms. The number of halogens is 2. The molecule has 0 aliphatic carbocycles. The van der Waals surface area contributed by atoms with Crippen molar-refractivity contribution in [3.63, 3.8) is 0 Å². The number of nitrogens with zero attached hydrogens (tertiary/aromatic N) is 6. The van der Waals surface area contributed by atoms with Gasteiger partial charge in [-0.1, -0.05) is 29.3 Å². The Hall–Kier alpha value is -4.44. The van der Waals surface area contributed by atoms with Gasteiger partial charge < -0.3 is 33.8 Å². The van der Waals surface area contributed by atoms with Gasteiger partial charge in [0.15, 0.2) is 0 Å². The van der Waals surface area contributed by atoms with Gasteiger partial charge in [-0.15, -0.1) is 20.2 Å². The van der Waals surface area contributed by atoms with Crippen molar-refractivity contribution in [3.05, 3.63) is 110 Å². The van der Waals surface area contributed by atoms with Crippen molar-refractivity contribution in [1.29, 1.82) is 0 Å². The second-order valence-electron chi connectivity index (χ2n) is 8.36. The summed E-state index contributed by atoms with van der Waals surface area (Å²) in [5, 5.41) is 28.3. The summed E-state index contributed by atoms with van der Waals surface area (Å²) in [5.41, 5.74) is 2.82. The maximum Gasteiger partial charge on any atom is 0.291 e. The molecule has 1 fully saturated rings. The summed E-state index contributed by atoms with van der Waals surface area (Å²) in [6.07, 6.45) is 8.61. The van der Waals surface area contributed by atoms with Crippen molar-refractivity contribution in [1.82, 2.24) is 19.1 Å². The first-order valence-electron chi connectivity index (χ1n) is 11.6. The Labute approximate surface area is 242 Å². The maximum absolute atomic E-state index is 8.36. The second-order valence-corrected chi connectivity index (χ2v) is 9.21. The van der Waals surface area contributed by atoms with E-state index in [-0.39, 0.29) is 6.10 Å². The van der Waals surface area contributed by atoms with Crippen LogP contribution in [0.4, 0.5) is 0 Å². The molecule has 0 saturated carbocycles. The Kier molecular flexibility index (Phi) is 10.8. The van der Waals surface area contributed by atoms with E-state index < -0.39 is 16.0 Å². The lowest BCUT2D eigenvalue weighted by molar-refractivity contribution is -0.742. The molecule has 0 amide bonds. The number of hydrogen-bond acceptors (Lipinski definition) is 9. The second kappa shape index (κ2) is 14.3. The van der Waals surface area contributed by atoms with E-state index in [2.05, 4.69) is 9.97 Å². The van der Waals surface area contributed by atoms with Crippen LogP contribution in [0, 0.1) is 20.2 Å². The average Bonchev–Trinajstić information content (AvgIpc) is 3.65. The zero-order valence-electron chi connectivity index (χ0n) is 21.3. The molecule has 1 aliphatic heterocycles. The highest BCUT2D eigenvalue weighted by Gasteiger charge is 2.45. The molecule has 0 spiro atoms. The monoisotopic (exact) mass is 610 g/mol. The zero-order valence-corrected chi connectivity index (χ0v) is 22.8. The van der Waals surface area contributed by atoms with Crippen molar-refractivity contribution in [2.75, 3.05) is 13.2 Å². The fourth-order valence-corrected chi connectivity index (χ4v) is 4.47. The third-order valence-corrected chi connectivity index (χ3v) is 6.10. The van der Waals surface area contributed by atoms with Crippen LogP contribution >= 0.6 is 23.2 Å². The minimum absolute atomic E-state index is 0.281. The molecule has 2 atom stereocenters. The summed E-state index contributed by atoms with van der Waals surface area (Å²) in [6.45, 7) is 1.09. The quantitative estimate of drug-likeness (QED) is 0.224. The molecule has 1 aliphatic rings. The van der Waals surface area contributed by atoms with E-state index in [0.29, 0.717) is 35.4 Å². The molecule has 2 unspecified atom stereocenters. The molecule has 2 aromatic heterocycles. The SMILES string of the molecule is Cn1cncc1-c1ccc(OCC2COC(Cn3ccnc3)(c3ccc(Cl)cc3Cl)O2)cc1.O=[N+]([O-])O.O=[N+]([O-])O. The molecular weight excluding hydrogens is 587 g/mol. The van der Waals surface area contributed by atoms with Gasteiger partial charge in [0.05, 0.1) is 42.7 Å². The highest BCUT2D eigenvalue weighted by molar-refractivity contribution is 6.35. The van der Waals surface area contributed by atoms with Crippen LogP contribution in [-0.2, 0) is 28.9 Å². The van der Waals surface area contributed by atoms with Crippen molar-refractivity contribution in [2.45, 2.75) is 18.4 Å². The first kappa shape index (κ1) is 31.1. The summed E-state index contributed by atoms with van der Waals surface area (Å²) in [7, 11) is 1.97. The summed E-state index contributed by atoms with van der Waals surface area (Å²) in [4.78, 5) is 25.0. The van der Waals surface area contributed by atoms with Gasteiger partial charge in [-0.3, -0.25) is 0 Å². The lowest BCUT2D eigenvalue weighted by Gasteiger charge is -2.30. The van der Waals surface area contributed by atoms with Crippen LogP contribution in [-0.4, -0.2) is 59.0 Å². The highest BCUT2D eigenvalue weighted by atomic mass is 35.5. The molecule has 15 nitrogen and oxygen atoms in total. The average molecular weight is 611 g/mol. The van der Waals surface area contributed by atoms with Crippen LogP contribution in [0.5, 0.6) is 5.75 Å². The van der Waals surface area contributed by atoms with E-state index in [1.54, 1.807) is 31.0 Å². The first-order valence-corrected chi connectivity index (χ1v) is 12.3. The maximum atomic E-state index is 8.36. The van der Waals surface area contributed by atoms with E-state index in [1.807, 2.05) is 58.9 Å². The minimum Gasteiger partial charge on any atom is -0.491 e. The Morgan fingerprint density at radius 1 is 1.10 bits per heavy atom. The molecule has 5 rings (SSSR count). The Bertz CT molecular complexity index is 1420. The molecule has 2 aromatic carbocycles. The van der Waals surface area contributed by atoms with Crippen molar-refractivity contribution < 1.29 is 34.8 Å². The van der Waals surface area contributed by atoms with Crippen LogP contribution in [0.3, 0.4) is 0 Å². The van der Waals surface area contributed by atoms with Gasteiger partial charge in [-0.05, 0) is 36.4 Å². The van der Waals surface area contributed by atoms with E-state index in [4.69, 9.17) is 68.1 Å². The van der Waals surface area contributed by atoms with Gasteiger partial charge in [0.1, 0.15) is 18.5 Å². The normalized spacial score (nSPS) is 17.5. The minimum atomic E-state index is -1.50. The summed E-state index contributed by atoms with van der Waals surface area (Å²) >= 11 is 12.6. The predicted octanol–water partition coefficient (Wildman–Crippen LogP) is 4.24. The third kappa shape index (κ3) is 9.04. The number of benzene rings is 2. The molecule has 4 aromatic rings. The smallest absolute Gasteiger partial charge is 0.291 e. The number of ether oxygens (including phenoxy) is 3. The summed E-state index contributed by atoms with van der Waals surface area (Å²) < 4.78 is 22.5. The molecule has 1 saturated heterocycles. The topological polar surface area (TPSA) is 190 Å².